The summed E-state index contributed by atoms with van der Waals surface area (Å²) in [5, 5.41) is 0. The highest BCUT2D eigenvalue weighted by atomic mass is 16.5. The number of ether oxygens (including phenoxy) is 2. The van der Waals surface area contributed by atoms with Crippen molar-refractivity contribution in [3.8, 4) is 5.75 Å². The third-order valence-corrected chi connectivity index (χ3v) is 3.93. The third-order valence-electron chi connectivity index (χ3n) is 3.93. The molecule has 0 amide bonds. The van der Waals surface area contributed by atoms with E-state index in [0.29, 0.717) is 19.1 Å². The Balaban J connectivity index is 2.03. The predicted molar refractivity (Wildman–Crippen MR) is 75.1 cm³/mol. The molecule has 0 aromatic carbocycles. The molecule has 1 saturated carbocycles. The van der Waals surface area contributed by atoms with Crippen LogP contribution in [0.15, 0.2) is 12.1 Å². The number of aromatic nitrogens is 1. The minimum atomic E-state index is -0.155. The van der Waals surface area contributed by atoms with Gasteiger partial charge in [0.1, 0.15) is 5.75 Å². The number of aryl methyl sites for hydroxylation is 1. The molecule has 0 bridgehead atoms. The second kappa shape index (κ2) is 5.88. The van der Waals surface area contributed by atoms with Gasteiger partial charge in [0, 0.05) is 24.4 Å². The monoisotopic (exact) mass is 264 g/mol. The maximum absolute atomic E-state index is 6.11. The first-order chi connectivity index (χ1) is 9.07. The lowest BCUT2D eigenvalue weighted by atomic mass is 10.0. The van der Waals surface area contributed by atoms with Crippen LogP contribution in [0.25, 0.3) is 0 Å². The number of nitrogens with zero attached hydrogens (tertiary/aromatic N) is 1. The van der Waals surface area contributed by atoms with Gasteiger partial charge in [-0.3, -0.25) is 4.98 Å². The molecule has 19 heavy (non-hydrogen) atoms. The van der Waals surface area contributed by atoms with Crippen molar-refractivity contribution in [1.29, 1.82) is 0 Å². The fraction of sp³-hybridized carbons (Fsp3) is 0.667. The second-order valence-electron chi connectivity index (χ2n) is 5.66. The summed E-state index contributed by atoms with van der Waals surface area (Å²) in [6.07, 6.45) is 3.29. The number of hydrogen-bond acceptors (Lipinski definition) is 4. The fourth-order valence-electron chi connectivity index (χ4n) is 2.85. The summed E-state index contributed by atoms with van der Waals surface area (Å²) >= 11 is 0. The highest BCUT2D eigenvalue weighted by Gasteiger charge is 2.37. The SMILES string of the molecule is COc1cc(C)nc(COC2(CN)CCC(C)C2)c1. The van der Waals surface area contributed by atoms with E-state index in [1.54, 1.807) is 7.11 Å². The van der Waals surface area contributed by atoms with Crippen LogP contribution in [-0.2, 0) is 11.3 Å². The molecule has 106 valence electrons. The molecule has 1 aliphatic carbocycles. The Morgan fingerprint density at radius 2 is 2.26 bits per heavy atom. The molecule has 2 rings (SSSR count). The van der Waals surface area contributed by atoms with Crippen LogP contribution < -0.4 is 10.5 Å². The van der Waals surface area contributed by atoms with Crippen molar-refractivity contribution >= 4 is 0 Å². The number of nitrogens with two attached hydrogens (primary N) is 1. The molecule has 1 aliphatic rings. The molecule has 2 atom stereocenters. The largest absolute Gasteiger partial charge is 0.497 e. The van der Waals surface area contributed by atoms with Gasteiger partial charge in [-0.05, 0) is 32.1 Å². The zero-order valence-electron chi connectivity index (χ0n) is 12.1. The van der Waals surface area contributed by atoms with Crippen molar-refractivity contribution in [3.05, 3.63) is 23.5 Å². The smallest absolute Gasteiger partial charge is 0.122 e. The molecule has 0 radical (unpaired) electrons. The normalized spacial score (nSPS) is 26.6. The predicted octanol–water partition coefficient (Wildman–Crippen LogP) is 2.43. The second-order valence-corrected chi connectivity index (χ2v) is 5.66. The standard InChI is InChI=1S/C15H24N2O2/c1-11-4-5-15(8-11,10-16)19-9-13-7-14(18-3)6-12(2)17-13/h6-7,11H,4-5,8-10,16H2,1-3H3. The lowest BCUT2D eigenvalue weighted by molar-refractivity contribution is -0.0484. The Morgan fingerprint density at radius 1 is 1.47 bits per heavy atom. The van der Waals surface area contributed by atoms with Crippen LogP contribution in [0, 0.1) is 12.8 Å². The van der Waals surface area contributed by atoms with E-state index in [1.165, 1.54) is 6.42 Å². The van der Waals surface area contributed by atoms with Crippen LogP contribution in [0.1, 0.15) is 37.6 Å². The van der Waals surface area contributed by atoms with Gasteiger partial charge in [0.15, 0.2) is 0 Å². The van der Waals surface area contributed by atoms with Gasteiger partial charge in [-0.15, -0.1) is 0 Å². The van der Waals surface area contributed by atoms with E-state index in [4.69, 9.17) is 15.2 Å². The van der Waals surface area contributed by atoms with Crippen molar-refractivity contribution < 1.29 is 9.47 Å². The van der Waals surface area contributed by atoms with Crippen molar-refractivity contribution in [1.82, 2.24) is 4.98 Å². The Labute approximate surface area is 115 Å². The van der Waals surface area contributed by atoms with E-state index in [0.717, 1.165) is 30.0 Å². The van der Waals surface area contributed by atoms with E-state index in [9.17, 15) is 0 Å². The van der Waals surface area contributed by atoms with Crippen LogP contribution in [0.3, 0.4) is 0 Å². The molecule has 2 unspecified atom stereocenters. The first-order valence-corrected chi connectivity index (χ1v) is 6.92. The van der Waals surface area contributed by atoms with E-state index in [-0.39, 0.29) is 5.60 Å². The van der Waals surface area contributed by atoms with Gasteiger partial charge in [-0.2, -0.15) is 0 Å². The van der Waals surface area contributed by atoms with Crippen LogP contribution in [-0.4, -0.2) is 24.2 Å². The first-order valence-electron chi connectivity index (χ1n) is 6.92. The molecule has 2 N–H and O–H groups in total. The maximum atomic E-state index is 6.11. The topological polar surface area (TPSA) is 57.4 Å². The lowest BCUT2D eigenvalue weighted by Gasteiger charge is -2.28. The van der Waals surface area contributed by atoms with Gasteiger partial charge >= 0.3 is 0 Å². The summed E-state index contributed by atoms with van der Waals surface area (Å²) in [6.45, 7) is 5.30. The molecule has 1 aromatic heterocycles. The fourth-order valence-corrected chi connectivity index (χ4v) is 2.85. The van der Waals surface area contributed by atoms with E-state index in [1.807, 2.05) is 19.1 Å². The lowest BCUT2D eigenvalue weighted by Crippen LogP contribution is -2.38. The van der Waals surface area contributed by atoms with E-state index in [2.05, 4.69) is 11.9 Å². The summed E-state index contributed by atoms with van der Waals surface area (Å²) in [7, 11) is 1.67. The van der Waals surface area contributed by atoms with Crippen LogP contribution in [0.5, 0.6) is 5.75 Å². The summed E-state index contributed by atoms with van der Waals surface area (Å²) in [5.41, 5.74) is 7.61. The third kappa shape index (κ3) is 3.45. The summed E-state index contributed by atoms with van der Waals surface area (Å²) < 4.78 is 11.4. The van der Waals surface area contributed by atoms with Crippen LogP contribution in [0.4, 0.5) is 0 Å². The molecular weight excluding hydrogens is 240 g/mol. The number of methoxy groups -OCH3 is 1. The highest BCUT2D eigenvalue weighted by Crippen LogP contribution is 2.37. The van der Waals surface area contributed by atoms with Crippen LogP contribution >= 0.6 is 0 Å². The number of hydrogen-bond donors (Lipinski definition) is 1. The van der Waals surface area contributed by atoms with Crippen molar-refractivity contribution in [2.45, 2.75) is 45.3 Å². The Morgan fingerprint density at radius 3 is 2.84 bits per heavy atom. The summed E-state index contributed by atoms with van der Waals surface area (Å²) in [5.74, 6) is 1.52. The van der Waals surface area contributed by atoms with Crippen molar-refractivity contribution in [2.75, 3.05) is 13.7 Å². The molecular formula is C15H24N2O2. The summed E-state index contributed by atoms with van der Waals surface area (Å²) in [4.78, 5) is 4.48. The average Bonchev–Trinajstić information content (AvgIpc) is 2.78. The number of pyridine rings is 1. The molecule has 1 aromatic rings. The van der Waals surface area contributed by atoms with Crippen molar-refractivity contribution in [3.63, 3.8) is 0 Å². The first kappa shape index (κ1) is 14.3. The molecule has 4 heteroatoms. The molecule has 0 aliphatic heterocycles. The Kier molecular flexibility index (Phi) is 4.42. The minimum Gasteiger partial charge on any atom is -0.497 e. The van der Waals surface area contributed by atoms with Gasteiger partial charge in [0.2, 0.25) is 0 Å². The molecule has 1 fully saturated rings. The highest BCUT2D eigenvalue weighted by molar-refractivity contribution is 5.26. The van der Waals surface area contributed by atoms with Crippen LogP contribution in [0.2, 0.25) is 0 Å². The molecule has 4 nitrogen and oxygen atoms in total. The zero-order valence-corrected chi connectivity index (χ0v) is 12.1. The average molecular weight is 264 g/mol. The minimum absolute atomic E-state index is 0.155. The van der Waals surface area contributed by atoms with Gasteiger partial charge in [0.25, 0.3) is 0 Å². The van der Waals surface area contributed by atoms with Gasteiger partial charge in [-0.25, -0.2) is 0 Å². The molecule has 0 spiro atoms. The maximum Gasteiger partial charge on any atom is 0.122 e. The Bertz CT molecular complexity index is 436. The van der Waals surface area contributed by atoms with Crippen molar-refractivity contribution in [2.24, 2.45) is 11.7 Å². The molecule has 0 saturated heterocycles. The van der Waals surface area contributed by atoms with Gasteiger partial charge < -0.3 is 15.2 Å². The zero-order chi connectivity index (χ0) is 13.9. The van der Waals surface area contributed by atoms with E-state index < -0.39 is 0 Å². The van der Waals surface area contributed by atoms with Gasteiger partial charge in [-0.1, -0.05) is 6.92 Å². The quantitative estimate of drug-likeness (QED) is 0.887. The van der Waals surface area contributed by atoms with Gasteiger partial charge in [0.05, 0.1) is 25.0 Å². The number of rotatable bonds is 5. The summed E-state index contributed by atoms with van der Waals surface area (Å²) in [6, 6.07) is 3.84. The Hall–Kier alpha value is -1.13. The van der Waals surface area contributed by atoms with E-state index >= 15 is 0 Å². The molecule has 1 heterocycles.